The monoisotopic (exact) mass is 323 g/mol. The minimum absolute atomic E-state index is 0.110. The fraction of sp³-hybridized carbons (Fsp3) is 0.235. The first-order valence-corrected chi connectivity index (χ1v) is 6.94. The molecular weight excluding hydrogens is 307 g/mol. The smallest absolute Gasteiger partial charge is 0.416 e. The fourth-order valence-corrected chi connectivity index (χ4v) is 2.18. The van der Waals surface area contributed by atoms with E-state index in [-0.39, 0.29) is 6.54 Å². The van der Waals surface area contributed by atoms with Gasteiger partial charge < -0.3 is 4.74 Å². The summed E-state index contributed by atoms with van der Waals surface area (Å²) in [5.74, 6) is -0.497. The normalized spacial score (nSPS) is 12.7. The number of hydrogen-bond acceptors (Lipinski definition) is 3. The van der Waals surface area contributed by atoms with Gasteiger partial charge in [-0.25, -0.2) is 4.79 Å². The van der Waals surface area contributed by atoms with Crippen LogP contribution in [0, 0.1) is 0 Å². The molecule has 0 aliphatic rings. The van der Waals surface area contributed by atoms with E-state index in [1.165, 1.54) is 13.2 Å². The Labute approximate surface area is 132 Å². The molecule has 1 N–H and O–H groups in total. The molecule has 6 heteroatoms. The molecule has 0 fully saturated rings. The van der Waals surface area contributed by atoms with E-state index in [0.717, 1.165) is 12.1 Å². The van der Waals surface area contributed by atoms with Crippen molar-refractivity contribution in [3.05, 3.63) is 71.3 Å². The molecule has 1 unspecified atom stereocenters. The molecule has 2 aromatic rings. The van der Waals surface area contributed by atoms with Crippen LogP contribution in [0.4, 0.5) is 13.2 Å². The van der Waals surface area contributed by atoms with Crippen LogP contribution in [-0.4, -0.2) is 13.1 Å². The second kappa shape index (κ2) is 7.28. The van der Waals surface area contributed by atoms with E-state index in [9.17, 15) is 18.0 Å². The van der Waals surface area contributed by atoms with E-state index in [1.807, 2.05) is 6.07 Å². The Bertz CT molecular complexity index is 656. The van der Waals surface area contributed by atoms with Gasteiger partial charge in [0.1, 0.15) is 6.04 Å². The fourth-order valence-electron chi connectivity index (χ4n) is 2.18. The summed E-state index contributed by atoms with van der Waals surface area (Å²) in [4.78, 5) is 11.9. The zero-order chi connectivity index (χ0) is 16.9. The lowest BCUT2D eigenvalue weighted by molar-refractivity contribution is -0.143. The van der Waals surface area contributed by atoms with Crippen molar-refractivity contribution in [3.8, 4) is 0 Å². The number of benzene rings is 2. The standard InChI is InChI=1S/C17H16F3NO2/c1-23-16(22)15(13-7-3-2-4-8-13)21-11-12-6-5-9-14(10-12)17(18,19)20/h2-10,15,21H,11H2,1H3. The maximum Gasteiger partial charge on any atom is 0.416 e. The average molecular weight is 323 g/mol. The lowest BCUT2D eigenvalue weighted by Gasteiger charge is -2.17. The molecule has 0 bridgehead atoms. The first-order valence-electron chi connectivity index (χ1n) is 6.94. The second-order valence-electron chi connectivity index (χ2n) is 4.95. The van der Waals surface area contributed by atoms with E-state index in [4.69, 9.17) is 4.74 Å². The zero-order valence-electron chi connectivity index (χ0n) is 12.4. The molecule has 0 heterocycles. The quantitative estimate of drug-likeness (QED) is 0.853. The van der Waals surface area contributed by atoms with Crippen molar-refractivity contribution in [2.75, 3.05) is 7.11 Å². The van der Waals surface area contributed by atoms with Gasteiger partial charge in [-0.15, -0.1) is 0 Å². The number of methoxy groups -OCH3 is 1. The second-order valence-corrected chi connectivity index (χ2v) is 4.95. The van der Waals surface area contributed by atoms with Crippen molar-refractivity contribution in [2.45, 2.75) is 18.8 Å². The molecule has 0 amide bonds. The number of alkyl halides is 3. The predicted octanol–water partition coefficient (Wildman–Crippen LogP) is 3.71. The van der Waals surface area contributed by atoms with Crippen LogP contribution in [0.5, 0.6) is 0 Å². The minimum atomic E-state index is -4.39. The molecule has 122 valence electrons. The highest BCUT2D eigenvalue weighted by Crippen LogP contribution is 2.29. The Morgan fingerprint density at radius 3 is 2.43 bits per heavy atom. The van der Waals surface area contributed by atoms with Crippen LogP contribution in [0.15, 0.2) is 54.6 Å². The number of halogens is 3. The van der Waals surface area contributed by atoms with Crippen LogP contribution < -0.4 is 5.32 Å². The van der Waals surface area contributed by atoms with Gasteiger partial charge in [-0.1, -0.05) is 48.5 Å². The third-order valence-electron chi connectivity index (χ3n) is 3.33. The third-order valence-corrected chi connectivity index (χ3v) is 3.33. The van der Waals surface area contributed by atoms with Crippen molar-refractivity contribution in [1.82, 2.24) is 5.32 Å². The van der Waals surface area contributed by atoms with Crippen LogP contribution in [0.2, 0.25) is 0 Å². The van der Waals surface area contributed by atoms with E-state index in [0.29, 0.717) is 11.1 Å². The van der Waals surface area contributed by atoms with E-state index < -0.39 is 23.8 Å². The molecular formula is C17H16F3NO2. The van der Waals surface area contributed by atoms with Crippen molar-refractivity contribution in [1.29, 1.82) is 0 Å². The highest BCUT2D eigenvalue weighted by atomic mass is 19.4. The van der Waals surface area contributed by atoms with Gasteiger partial charge in [0.25, 0.3) is 0 Å². The Hall–Kier alpha value is -2.34. The molecule has 2 rings (SSSR count). The molecule has 0 saturated heterocycles. The number of rotatable bonds is 5. The van der Waals surface area contributed by atoms with Gasteiger partial charge >= 0.3 is 12.1 Å². The van der Waals surface area contributed by atoms with Gasteiger partial charge in [0.15, 0.2) is 0 Å². The summed E-state index contributed by atoms with van der Waals surface area (Å²) in [7, 11) is 1.27. The Kier molecular flexibility index (Phi) is 5.39. The topological polar surface area (TPSA) is 38.3 Å². The van der Waals surface area contributed by atoms with Crippen LogP contribution in [0.1, 0.15) is 22.7 Å². The van der Waals surface area contributed by atoms with E-state index in [1.54, 1.807) is 30.3 Å². The largest absolute Gasteiger partial charge is 0.468 e. The number of carbonyl (C=O) groups excluding carboxylic acids is 1. The SMILES string of the molecule is COC(=O)C(NCc1cccc(C(F)(F)F)c1)c1ccccc1. The van der Waals surface area contributed by atoms with Crippen molar-refractivity contribution >= 4 is 5.97 Å². The number of carbonyl (C=O) groups is 1. The number of hydrogen-bond donors (Lipinski definition) is 1. The lowest BCUT2D eigenvalue weighted by atomic mass is 10.1. The van der Waals surface area contributed by atoms with Gasteiger partial charge in [-0.05, 0) is 17.2 Å². The van der Waals surface area contributed by atoms with Crippen molar-refractivity contribution < 1.29 is 22.7 Å². The summed E-state index contributed by atoms with van der Waals surface area (Å²) in [5.41, 5.74) is 0.405. The summed E-state index contributed by atoms with van der Waals surface area (Å²) in [5, 5.41) is 2.94. The summed E-state index contributed by atoms with van der Waals surface area (Å²) in [6.45, 7) is 0.110. The Morgan fingerprint density at radius 2 is 1.83 bits per heavy atom. The first-order chi connectivity index (χ1) is 10.9. The van der Waals surface area contributed by atoms with Gasteiger partial charge in [0, 0.05) is 6.54 Å². The minimum Gasteiger partial charge on any atom is -0.468 e. The molecule has 1 atom stereocenters. The average Bonchev–Trinajstić information content (AvgIpc) is 2.55. The van der Waals surface area contributed by atoms with Crippen molar-refractivity contribution in [3.63, 3.8) is 0 Å². The highest BCUT2D eigenvalue weighted by Gasteiger charge is 2.30. The molecule has 3 nitrogen and oxygen atoms in total. The summed E-state index contributed by atoms with van der Waals surface area (Å²) < 4.78 is 42.9. The predicted molar refractivity (Wildman–Crippen MR) is 79.5 cm³/mol. The summed E-state index contributed by atoms with van der Waals surface area (Å²) in [6, 6.07) is 13.1. The van der Waals surface area contributed by atoms with Gasteiger partial charge in [0.05, 0.1) is 12.7 Å². The van der Waals surface area contributed by atoms with E-state index in [2.05, 4.69) is 5.32 Å². The van der Waals surface area contributed by atoms with Crippen molar-refractivity contribution in [2.24, 2.45) is 0 Å². The number of ether oxygens (including phenoxy) is 1. The maximum atomic E-state index is 12.7. The number of nitrogens with one attached hydrogen (secondary N) is 1. The molecule has 2 aromatic carbocycles. The molecule has 0 saturated carbocycles. The third kappa shape index (κ3) is 4.56. The summed E-state index contributed by atoms with van der Waals surface area (Å²) >= 11 is 0. The highest BCUT2D eigenvalue weighted by molar-refractivity contribution is 5.77. The summed E-state index contributed by atoms with van der Waals surface area (Å²) in [6.07, 6.45) is -4.39. The van der Waals surface area contributed by atoms with Crippen LogP contribution in [-0.2, 0) is 22.3 Å². The zero-order valence-corrected chi connectivity index (χ0v) is 12.4. The van der Waals surface area contributed by atoms with Crippen LogP contribution >= 0.6 is 0 Å². The van der Waals surface area contributed by atoms with Gasteiger partial charge in [0.2, 0.25) is 0 Å². The Balaban J connectivity index is 2.15. The molecule has 0 aliphatic carbocycles. The molecule has 0 aliphatic heterocycles. The van der Waals surface area contributed by atoms with Crippen LogP contribution in [0.25, 0.3) is 0 Å². The van der Waals surface area contributed by atoms with Gasteiger partial charge in [-0.2, -0.15) is 13.2 Å². The lowest BCUT2D eigenvalue weighted by Crippen LogP contribution is -2.29. The number of esters is 1. The molecule has 0 radical (unpaired) electrons. The van der Waals surface area contributed by atoms with Crippen LogP contribution in [0.3, 0.4) is 0 Å². The maximum absolute atomic E-state index is 12.7. The van der Waals surface area contributed by atoms with E-state index >= 15 is 0 Å². The molecule has 0 aromatic heterocycles. The van der Waals surface area contributed by atoms with Gasteiger partial charge in [-0.3, -0.25) is 5.32 Å². The Morgan fingerprint density at radius 1 is 1.13 bits per heavy atom. The first kappa shape index (κ1) is 17.0. The molecule has 0 spiro atoms. The molecule has 23 heavy (non-hydrogen) atoms.